The number of hydrogen-bond acceptors (Lipinski definition) is 7. The van der Waals surface area contributed by atoms with Gasteiger partial charge >= 0.3 is 5.97 Å². The topological polar surface area (TPSA) is 96.2 Å². The number of aromatic nitrogens is 4. The van der Waals surface area contributed by atoms with Crippen LogP contribution in [0.4, 0.5) is 0 Å². The molecule has 0 radical (unpaired) electrons. The zero-order valence-corrected chi connectivity index (χ0v) is 11.8. The van der Waals surface area contributed by atoms with Crippen LogP contribution in [0.3, 0.4) is 0 Å². The normalized spacial score (nSPS) is 10.2. The minimum absolute atomic E-state index is 0.163. The Balaban J connectivity index is 1.89. The van der Waals surface area contributed by atoms with Crippen LogP contribution in [0.25, 0.3) is 0 Å². The molecule has 0 N–H and O–H groups in total. The Hall–Kier alpha value is -2.48. The van der Waals surface area contributed by atoms with Gasteiger partial charge in [-0.15, -0.1) is 5.10 Å². The van der Waals surface area contributed by atoms with E-state index in [9.17, 15) is 9.59 Å². The second kappa shape index (κ2) is 6.80. The number of halogens is 1. The third-order valence-electron chi connectivity index (χ3n) is 2.52. The van der Waals surface area contributed by atoms with E-state index in [0.717, 1.165) is 0 Å². The van der Waals surface area contributed by atoms with Gasteiger partial charge in [0.05, 0.1) is 12.1 Å². The summed E-state index contributed by atoms with van der Waals surface area (Å²) in [6.07, 6.45) is 1.27. The predicted octanol–water partition coefficient (Wildman–Crippen LogP) is 0.761. The summed E-state index contributed by atoms with van der Waals surface area (Å²) in [6, 6.07) is 4.57. The highest BCUT2D eigenvalue weighted by atomic mass is 35.5. The van der Waals surface area contributed by atoms with E-state index in [-0.39, 0.29) is 18.9 Å². The fourth-order valence-electron chi connectivity index (χ4n) is 1.50. The summed E-state index contributed by atoms with van der Waals surface area (Å²) in [4.78, 5) is 23.4. The number of tetrazole rings is 1. The van der Waals surface area contributed by atoms with E-state index >= 15 is 0 Å². The lowest BCUT2D eigenvalue weighted by atomic mass is 10.1. The summed E-state index contributed by atoms with van der Waals surface area (Å²) in [5.74, 6) is -0.524. The molecule has 1 aromatic carbocycles. The van der Waals surface area contributed by atoms with Crippen molar-refractivity contribution in [2.75, 3.05) is 13.7 Å². The van der Waals surface area contributed by atoms with Gasteiger partial charge in [-0.2, -0.15) is 0 Å². The van der Waals surface area contributed by atoms with Gasteiger partial charge in [0.15, 0.2) is 12.4 Å². The summed E-state index contributed by atoms with van der Waals surface area (Å²) in [7, 11) is 1.48. The van der Waals surface area contributed by atoms with Crippen molar-refractivity contribution in [1.82, 2.24) is 20.2 Å². The Kier molecular flexibility index (Phi) is 4.83. The van der Waals surface area contributed by atoms with Gasteiger partial charge in [-0.1, -0.05) is 11.6 Å². The standard InChI is InChI=1S/C12H11ClN4O4/c1-20-11-3-2-8(4-9(11)13)10(18)6-21-12(19)5-17-7-14-15-16-17/h2-4,7H,5-6H2,1H3. The van der Waals surface area contributed by atoms with Crippen LogP contribution in [0.2, 0.25) is 5.02 Å². The zero-order valence-electron chi connectivity index (χ0n) is 11.0. The molecule has 110 valence electrons. The largest absolute Gasteiger partial charge is 0.495 e. The monoisotopic (exact) mass is 310 g/mol. The van der Waals surface area contributed by atoms with Crippen molar-refractivity contribution in [2.24, 2.45) is 0 Å². The predicted molar refractivity (Wildman–Crippen MR) is 71.1 cm³/mol. The van der Waals surface area contributed by atoms with Crippen LogP contribution in [0.5, 0.6) is 5.75 Å². The van der Waals surface area contributed by atoms with Crippen molar-refractivity contribution in [3.05, 3.63) is 35.1 Å². The molecule has 1 heterocycles. The first-order chi connectivity index (χ1) is 10.1. The molecule has 0 saturated heterocycles. The Morgan fingerprint density at radius 3 is 2.81 bits per heavy atom. The van der Waals surface area contributed by atoms with Crippen LogP contribution in [0.15, 0.2) is 24.5 Å². The average molecular weight is 311 g/mol. The summed E-state index contributed by atoms with van der Waals surface area (Å²) in [6.45, 7) is -0.548. The first-order valence-corrected chi connectivity index (χ1v) is 6.21. The van der Waals surface area contributed by atoms with Crippen molar-refractivity contribution in [2.45, 2.75) is 6.54 Å². The minimum atomic E-state index is -0.616. The number of Topliss-reactive ketones (excluding diaryl/α,β-unsaturated/α-hetero) is 1. The molecular weight excluding hydrogens is 300 g/mol. The molecule has 2 aromatic rings. The minimum Gasteiger partial charge on any atom is -0.495 e. The molecule has 0 bridgehead atoms. The van der Waals surface area contributed by atoms with Crippen molar-refractivity contribution in [3.63, 3.8) is 0 Å². The number of rotatable bonds is 6. The van der Waals surface area contributed by atoms with Gasteiger partial charge in [0.1, 0.15) is 18.6 Å². The first kappa shape index (κ1) is 14.9. The fourth-order valence-corrected chi connectivity index (χ4v) is 1.76. The number of nitrogens with zero attached hydrogens (tertiary/aromatic N) is 4. The van der Waals surface area contributed by atoms with E-state index in [4.69, 9.17) is 21.1 Å². The van der Waals surface area contributed by atoms with Gasteiger partial charge in [0.2, 0.25) is 0 Å². The SMILES string of the molecule is COc1ccc(C(=O)COC(=O)Cn2cnnn2)cc1Cl. The fraction of sp³-hybridized carbons (Fsp3) is 0.250. The van der Waals surface area contributed by atoms with E-state index in [1.807, 2.05) is 0 Å². The molecule has 1 aromatic heterocycles. The molecule has 0 aliphatic rings. The maximum atomic E-state index is 11.9. The van der Waals surface area contributed by atoms with Gasteiger partial charge in [-0.25, -0.2) is 4.68 Å². The molecule has 21 heavy (non-hydrogen) atoms. The average Bonchev–Trinajstić information content (AvgIpc) is 2.97. The molecule has 2 rings (SSSR count). The summed E-state index contributed by atoms with van der Waals surface area (Å²) < 4.78 is 11.0. The van der Waals surface area contributed by atoms with Crippen molar-refractivity contribution < 1.29 is 19.1 Å². The smallest absolute Gasteiger partial charge is 0.328 e. The van der Waals surface area contributed by atoms with Gasteiger partial charge in [-0.3, -0.25) is 9.59 Å². The van der Waals surface area contributed by atoms with Crippen LogP contribution < -0.4 is 4.74 Å². The number of ketones is 1. The Morgan fingerprint density at radius 2 is 2.19 bits per heavy atom. The molecule has 0 unspecified atom stereocenters. The molecule has 8 nitrogen and oxygen atoms in total. The van der Waals surface area contributed by atoms with Crippen LogP contribution >= 0.6 is 11.6 Å². The van der Waals surface area contributed by atoms with E-state index in [1.54, 1.807) is 12.1 Å². The molecular formula is C12H11ClN4O4. The molecule has 0 spiro atoms. The second-order valence-corrected chi connectivity index (χ2v) is 4.35. The van der Waals surface area contributed by atoms with Crippen LogP contribution in [-0.2, 0) is 16.1 Å². The summed E-state index contributed by atoms with van der Waals surface area (Å²) in [5.41, 5.74) is 0.330. The number of ether oxygens (including phenoxy) is 2. The molecule has 0 aliphatic carbocycles. The summed E-state index contributed by atoms with van der Waals surface area (Å²) >= 11 is 5.92. The molecule has 0 atom stereocenters. The van der Waals surface area contributed by atoms with Gasteiger partial charge in [0, 0.05) is 5.56 Å². The number of hydrogen-bond donors (Lipinski definition) is 0. The first-order valence-electron chi connectivity index (χ1n) is 5.83. The highest BCUT2D eigenvalue weighted by Gasteiger charge is 2.12. The van der Waals surface area contributed by atoms with E-state index in [1.165, 1.54) is 24.2 Å². The Morgan fingerprint density at radius 1 is 1.38 bits per heavy atom. The number of carbonyl (C=O) groups excluding carboxylic acids is 2. The van der Waals surface area contributed by atoms with Gasteiger partial charge in [0.25, 0.3) is 0 Å². The summed E-state index contributed by atoms with van der Waals surface area (Å²) in [5, 5.41) is 10.6. The lowest BCUT2D eigenvalue weighted by Crippen LogP contribution is -2.18. The van der Waals surface area contributed by atoms with Crippen molar-refractivity contribution >= 4 is 23.4 Å². The number of carbonyl (C=O) groups is 2. The van der Waals surface area contributed by atoms with E-state index < -0.39 is 5.97 Å². The maximum absolute atomic E-state index is 11.9. The third-order valence-corrected chi connectivity index (χ3v) is 2.82. The molecule has 0 fully saturated rings. The van der Waals surface area contributed by atoms with E-state index in [2.05, 4.69) is 15.5 Å². The second-order valence-electron chi connectivity index (χ2n) is 3.94. The van der Waals surface area contributed by atoms with Crippen LogP contribution in [-0.4, -0.2) is 45.7 Å². The lowest BCUT2D eigenvalue weighted by Gasteiger charge is -2.06. The van der Waals surface area contributed by atoms with Crippen LogP contribution in [0.1, 0.15) is 10.4 Å². The maximum Gasteiger partial charge on any atom is 0.328 e. The van der Waals surface area contributed by atoms with Crippen LogP contribution in [0, 0.1) is 0 Å². The quantitative estimate of drug-likeness (QED) is 0.574. The molecule has 9 heteroatoms. The lowest BCUT2D eigenvalue weighted by molar-refractivity contribution is -0.143. The highest BCUT2D eigenvalue weighted by molar-refractivity contribution is 6.32. The van der Waals surface area contributed by atoms with Crippen molar-refractivity contribution in [1.29, 1.82) is 0 Å². The third kappa shape index (κ3) is 3.99. The highest BCUT2D eigenvalue weighted by Crippen LogP contribution is 2.25. The Bertz CT molecular complexity index is 645. The van der Waals surface area contributed by atoms with Gasteiger partial charge < -0.3 is 9.47 Å². The Labute approximate surface area is 124 Å². The number of esters is 1. The molecule has 0 amide bonds. The number of benzene rings is 1. The zero-order chi connectivity index (χ0) is 15.2. The van der Waals surface area contributed by atoms with Crippen molar-refractivity contribution in [3.8, 4) is 5.75 Å². The number of methoxy groups -OCH3 is 1. The van der Waals surface area contributed by atoms with Gasteiger partial charge in [-0.05, 0) is 28.6 Å². The van der Waals surface area contributed by atoms with E-state index in [0.29, 0.717) is 16.3 Å². The molecule has 0 aliphatic heterocycles. The molecule has 0 saturated carbocycles.